The first-order chi connectivity index (χ1) is 9.33. The maximum absolute atomic E-state index is 8.96. The average Bonchev–Trinajstić information content (AvgIpc) is 2.48. The minimum absolute atomic E-state index is 0.504. The van der Waals surface area contributed by atoms with Crippen LogP contribution in [0, 0.1) is 17.2 Å². The lowest BCUT2D eigenvalue weighted by atomic mass is 9.97. The first-order valence-electron chi connectivity index (χ1n) is 7.15. The molecule has 0 unspecified atom stereocenters. The third-order valence-electron chi connectivity index (χ3n) is 3.65. The van der Waals surface area contributed by atoms with Gasteiger partial charge in [0.15, 0.2) is 0 Å². The van der Waals surface area contributed by atoms with Gasteiger partial charge in [-0.1, -0.05) is 6.92 Å². The van der Waals surface area contributed by atoms with E-state index in [4.69, 9.17) is 5.26 Å². The molecule has 102 valence electrons. The molecule has 1 aromatic rings. The normalized spacial score (nSPS) is 16.0. The van der Waals surface area contributed by atoms with Gasteiger partial charge in [0, 0.05) is 25.0 Å². The van der Waals surface area contributed by atoms with E-state index in [0.717, 1.165) is 44.2 Å². The molecule has 1 fully saturated rings. The molecule has 2 rings (SSSR count). The molecule has 19 heavy (non-hydrogen) atoms. The molecule has 4 heteroatoms. The summed E-state index contributed by atoms with van der Waals surface area (Å²) in [6, 6.07) is 6.03. The predicted octanol–water partition coefficient (Wildman–Crippen LogP) is 2.17. The molecule has 0 aromatic carbocycles. The Balaban J connectivity index is 2.07. The highest BCUT2D eigenvalue weighted by Gasteiger charge is 2.17. The second-order valence-corrected chi connectivity index (χ2v) is 5.15. The summed E-state index contributed by atoms with van der Waals surface area (Å²) >= 11 is 0. The smallest absolute Gasteiger partial charge is 0.142 e. The summed E-state index contributed by atoms with van der Waals surface area (Å²) in [4.78, 5) is 6.45. The molecule has 0 spiro atoms. The topological polar surface area (TPSA) is 52.0 Å². The molecule has 0 bridgehead atoms. The molecule has 1 aliphatic rings. The van der Waals surface area contributed by atoms with E-state index in [1.54, 1.807) is 6.20 Å². The van der Waals surface area contributed by atoms with Crippen molar-refractivity contribution in [1.82, 2.24) is 10.3 Å². The van der Waals surface area contributed by atoms with E-state index in [2.05, 4.69) is 28.2 Å². The van der Waals surface area contributed by atoms with Gasteiger partial charge in [0.05, 0.1) is 0 Å². The number of anilines is 1. The third kappa shape index (κ3) is 3.93. The third-order valence-corrected chi connectivity index (χ3v) is 3.65. The van der Waals surface area contributed by atoms with Crippen LogP contribution in [0.3, 0.4) is 0 Å². The minimum atomic E-state index is 0.504. The van der Waals surface area contributed by atoms with Crippen LogP contribution in [-0.4, -0.2) is 31.2 Å². The number of pyridine rings is 1. The summed E-state index contributed by atoms with van der Waals surface area (Å²) < 4.78 is 0. The summed E-state index contributed by atoms with van der Waals surface area (Å²) in [6.45, 7) is 6.58. The van der Waals surface area contributed by atoms with E-state index >= 15 is 0 Å². The number of rotatable bonds is 5. The Kier molecular flexibility index (Phi) is 5.17. The fourth-order valence-electron chi connectivity index (χ4n) is 2.65. The van der Waals surface area contributed by atoms with Crippen LogP contribution >= 0.6 is 0 Å². The quantitative estimate of drug-likeness (QED) is 0.879. The molecule has 1 aromatic heterocycles. The zero-order chi connectivity index (χ0) is 13.5. The van der Waals surface area contributed by atoms with Gasteiger partial charge in [-0.3, -0.25) is 0 Å². The zero-order valence-corrected chi connectivity index (χ0v) is 11.6. The molecule has 0 saturated carbocycles. The fraction of sp³-hybridized carbons (Fsp3) is 0.600. The van der Waals surface area contributed by atoms with E-state index in [-0.39, 0.29) is 0 Å². The molecule has 0 atom stereocenters. The number of hydrogen-bond acceptors (Lipinski definition) is 4. The van der Waals surface area contributed by atoms with Gasteiger partial charge in [-0.2, -0.15) is 5.26 Å². The van der Waals surface area contributed by atoms with Gasteiger partial charge >= 0.3 is 0 Å². The van der Waals surface area contributed by atoms with Crippen molar-refractivity contribution in [3.05, 3.63) is 24.0 Å². The van der Waals surface area contributed by atoms with Crippen molar-refractivity contribution < 1.29 is 0 Å². The SMILES string of the molecule is CCCN(CC1CCNCC1)c1ccnc(C#N)c1. The summed E-state index contributed by atoms with van der Waals surface area (Å²) in [6.07, 6.45) is 5.35. The molecule has 0 aliphatic carbocycles. The average molecular weight is 258 g/mol. The van der Waals surface area contributed by atoms with Crippen LogP contribution in [-0.2, 0) is 0 Å². The first-order valence-corrected chi connectivity index (χ1v) is 7.15. The van der Waals surface area contributed by atoms with Crippen LogP contribution in [0.1, 0.15) is 31.9 Å². The summed E-state index contributed by atoms with van der Waals surface area (Å²) in [5, 5.41) is 12.4. The summed E-state index contributed by atoms with van der Waals surface area (Å²) in [5.41, 5.74) is 1.64. The Morgan fingerprint density at radius 3 is 2.95 bits per heavy atom. The van der Waals surface area contributed by atoms with Crippen molar-refractivity contribution in [3.63, 3.8) is 0 Å². The Bertz CT molecular complexity index is 432. The van der Waals surface area contributed by atoms with Gasteiger partial charge in [0.1, 0.15) is 11.8 Å². The highest BCUT2D eigenvalue weighted by atomic mass is 15.1. The van der Waals surface area contributed by atoms with Crippen molar-refractivity contribution in [2.45, 2.75) is 26.2 Å². The number of aromatic nitrogens is 1. The summed E-state index contributed by atoms with van der Waals surface area (Å²) in [7, 11) is 0. The Hall–Kier alpha value is -1.60. The molecule has 0 radical (unpaired) electrons. The molecule has 1 N–H and O–H groups in total. The van der Waals surface area contributed by atoms with Gasteiger partial charge in [-0.05, 0) is 50.4 Å². The van der Waals surface area contributed by atoms with Crippen LogP contribution in [0.4, 0.5) is 5.69 Å². The molecule has 1 aliphatic heterocycles. The van der Waals surface area contributed by atoms with Crippen LogP contribution in [0.2, 0.25) is 0 Å². The van der Waals surface area contributed by atoms with Crippen LogP contribution in [0.15, 0.2) is 18.3 Å². The lowest BCUT2D eigenvalue weighted by Gasteiger charge is -2.31. The van der Waals surface area contributed by atoms with Crippen molar-refractivity contribution in [3.8, 4) is 6.07 Å². The van der Waals surface area contributed by atoms with E-state index < -0.39 is 0 Å². The Morgan fingerprint density at radius 1 is 1.47 bits per heavy atom. The molecular weight excluding hydrogens is 236 g/mol. The van der Waals surface area contributed by atoms with Crippen LogP contribution in [0.25, 0.3) is 0 Å². The highest BCUT2D eigenvalue weighted by molar-refractivity contribution is 5.48. The fourth-order valence-corrected chi connectivity index (χ4v) is 2.65. The van der Waals surface area contributed by atoms with Crippen LogP contribution in [0.5, 0.6) is 0 Å². The number of nitriles is 1. The zero-order valence-electron chi connectivity index (χ0n) is 11.6. The predicted molar refractivity (Wildman–Crippen MR) is 77.0 cm³/mol. The van der Waals surface area contributed by atoms with Crippen LogP contribution < -0.4 is 10.2 Å². The molecular formula is C15H22N4. The van der Waals surface area contributed by atoms with Gasteiger partial charge in [0.25, 0.3) is 0 Å². The van der Waals surface area contributed by atoms with E-state index in [9.17, 15) is 0 Å². The van der Waals surface area contributed by atoms with Crippen molar-refractivity contribution in [2.24, 2.45) is 5.92 Å². The molecule has 4 nitrogen and oxygen atoms in total. The van der Waals surface area contributed by atoms with Crippen molar-refractivity contribution >= 4 is 5.69 Å². The molecule has 0 amide bonds. The molecule has 2 heterocycles. The monoisotopic (exact) mass is 258 g/mol. The lowest BCUT2D eigenvalue weighted by Crippen LogP contribution is -2.36. The number of piperidine rings is 1. The Morgan fingerprint density at radius 2 is 2.26 bits per heavy atom. The highest BCUT2D eigenvalue weighted by Crippen LogP contribution is 2.20. The van der Waals surface area contributed by atoms with Gasteiger partial charge in [-0.15, -0.1) is 0 Å². The second kappa shape index (κ2) is 7.10. The number of hydrogen-bond donors (Lipinski definition) is 1. The van der Waals surface area contributed by atoms with Crippen molar-refractivity contribution in [2.75, 3.05) is 31.1 Å². The van der Waals surface area contributed by atoms with E-state index in [1.165, 1.54) is 12.8 Å². The maximum Gasteiger partial charge on any atom is 0.142 e. The second-order valence-electron chi connectivity index (χ2n) is 5.15. The van der Waals surface area contributed by atoms with Gasteiger partial charge in [0.2, 0.25) is 0 Å². The standard InChI is InChI=1S/C15H22N4/c1-2-9-19(12-13-3-6-17-7-4-13)15-5-8-18-14(10-15)11-16/h5,8,10,13,17H,2-4,6-7,9,12H2,1H3. The van der Waals surface area contributed by atoms with Gasteiger partial charge in [-0.25, -0.2) is 4.98 Å². The minimum Gasteiger partial charge on any atom is -0.371 e. The maximum atomic E-state index is 8.96. The van der Waals surface area contributed by atoms with E-state index in [0.29, 0.717) is 5.69 Å². The first kappa shape index (κ1) is 13.8. The lowest BCUT2D eigenvalue weighted by molar-refractivity contribution is 0.373. The number of nitrogens with zero attached hydrogens (tertiary/aromatic N) is 3. The van der Waals surface area contributed by atoms with Gasteiger partial charge < -0.3 is 10.2 Å². The largest absolute Gasteiger partial charge is 0.371 e. The summed E-state index contributed by atoms with van der Waals surface area (Å²) in [5.74, 6) is 0.756. The Labute approximate surface area is 115 Å². The van der Waals surface area contributed by atoms with Crippen molar-refractivity contribution in [1.29, 1.82) is 5.26 Å². The van der Waals surface area contributed by atoms with E-state index in [1.807, 2.05) is 12.1 Å². The number of nitrogens with one attached hydrogen (secondary N) is 1. The molecule has 1 saturated heterocycles.